The summed E-state index contributed by atoms with van der Waals surface area (Å²) in [6.07, 6.45) is 3.45. The molecule has 26 heavy (non-hydrogen) atoms. The highest BCUT2D eigenvalue weighted by Gasteiger charge is 2.15. The molecule has 0 spiro atoms. The van der Waals surface area contributed by atoms with Crippen molar-refractivity contribution in [3.63, 3.8) is 0 Å². The molecule has 0 radical (unpaired) electrons. The Morgan fingerprint density at radius 2 is 1.77 bits per heavy atom. The molecule has 0 saturated heterocycles. The van der Waals surface area contributed by atoms with E-state index >= 15 is 0 Å². The number of carbonyl (C=O) groups is 1. The molecule has 2 heterocycles. The first-order chi connectivity index (χ1) is 12.7. The summed E-state index contributed by atoms with van der Waals surface area (Å²) in [5.74, 6) is 1.16. The lowest BCUT2D eigenvalue weighted by Crippen LogP contribution is -2.04. The van der Waals surface area contributed by atoms with Crippen LogP contribution in [0.15, 0.2) is 72.1 Å². The summed E-state index contributed by atoms with van der Waals surface area (Å²) in [6.45, 7) is 0. The van der Waals surface area contributed by atoms with Gasteiger partial charge >= 0.3 is 0 Å². The average molecular weight is 360 g/mol. The normalized spacial score (nSPS) is 11.0. The van der Waals surface area contributed by atoms with Gasteiger partial charge in [0.05, 0.1) is 5.75 Å². The van der Waals surface area contributed by atoms with E-state index in [-0.39, 0.29) is 5.78 Å². The predicted molar refractivity (Wildman–Crippen MR) is 103 cm³/mol. The number of aromatic nitrogens is 4. The molecule has 4 rings (SSSR count). The van der Waals surface area contributed by atoms with Crippen molar-refractivity contribution in [1.82, 2.24) is 19.7 Å². The number of hydrogen-bond acceptors (Lipinski definition) is 5. The van der Waals surface area contributed by atoms with E-state index in [0.29, 0.717) is 10.9 Å². The lowest BCUT2D eigenvalue weighted by atomic mass is 10.0. The van der Waals surface area contributed by atoms with Crippen molar-refractivity contribution in [3.05, 3.63) is 72.6 Å². The summed E-state index contributed by atoms with van der Waals surface area (Å²) >= 11 is 1.40. The molecule has 6 heteroatoms. The number of Topliss-reactive ketones (excluding diaryl/α,β-unsaturated/α-hetero) is 1. The second-order valence-electron chi connectivity index (χ2n) is 5.84. The van der Waals surface area contributed by atoms with Gasteiger partial charge in [-0.3, -0.25) is 9.78 Å². The van der Waals surface area contributed by atoms with Crippen LogP contribution in [0.2, 0.25) is 0 Å². The molecule has 2 aromatic carbocycles. The summed E-state index contributed by atoms with van der Waals surface area (Å²) in [6, 6.07) is 17.5. The van der Waals surface area contributed by atoms with Crippen LogP contribution in [0.25, 0.3) is 22.2 Å². The largest absolute Gasteiger partial charge is 0.305 e. The number of benzene rings is 2. The van der Waals surface area contributed by atoms with Crippen LogP contribution < -0.4 is 0 Å². The maximum Gasteiger partial charge on any atom is 0.191 e. The molecule has 0 atom stereocenters. The first-order valence-electron chi connectivity index (χ1n) is 8.17. The standard InChI is InChI=1S/C20H16N4OS/c1-24-19(15-9-11-21-12-10-15)22-23-20(24)26-13-18(25)17-8-4-6-14-5-2-3-7-16(14)17/h2-12H,13H2,1H3. The highest BCUT2D eigenvalue weighted by atomic mass is 32.2. The highest BCUT2D eigenvalue weighted by molar-refractivity contribution is 7.99. The number of hydrogen-bond donors (Lipinski definition) is 0. The minimum atomic E-state index is 0.0836. The van der Waals surface area contributed by atoms with E-state index in [4.69, 9.17) is 0 Å². The third-order valence-electron chi connectivity index (χ3n) is 4.20. The number of nitrogens with zero attached hydrogens (tertiary/aromatic N) is 4. The summed E-state index contributed by atoms with van der Waals surface area (Å²) < 4.78 is 1.90. The Hall–Kier alpha value is -2.99. The van der Waals surface area contributed by atoms with Gasteiger partial charge in [-0.05, 0) is 22.9 Å². The molecular formula is C20H16N4OS. The molecule has 4 aromatic rings. The van der Waals surface area contributed by atoms with E-state index in [2.05, 4.69) is 15.2 Å². The lowest BCUT2D eigenvalue weighted by molar-refractivity contribution is 0.102. The number of rotatable bonds is 5. The second kappa shape index (κ2) is 7.09. The summed E-state index contributed by atoms with van der Waals surface area (Å²) in [5, 5.41) is 11.2. The van der Waals surface area contributed by atoms with E-state index in [1.165, 1.54) is 11.8 Å². The van der Waals surface area contributed by atoms with Crippen LogP contribution in [0, 0.1) is 0 Å². The predicted octanol–water partition coefficient (Wildman–Crippen LogP) is 4.01. The van der Waals surface area contributed by atoms with Gasteiger partial charge in [0.15, 0.2) is 16.8 Å². The smallest absolute Gasteiger partial charge is 0.191 e. The summed E-state index contributed by atoms with van der Waals surface area (Å²) in [4.78, 5) is 16.8. The molecule has 0 unspecified atom stereocenters. The quantitative estimate of drug-likeness (QED) is 0.398. The fourth-order valence-corrected chi connectivity index (χ4v) is 3.66. The van der Waals surface area contributed by atoms with Crippen molar-refractivity contribution < 1.29 is 4.79 Å². The van der Waals surface area contributed by atoms with Gasteiger partial charge < -0.3 is 4.57 Å². The van der Waals surface area contributed by atoms with Crippen molar-refractivity contribution in [2.75, 3.05) is 5.75 Å². The van der Waals surface area contributed by atoms with Crippen LogP contribution >= 0.6 is 11.8 Å². The van der Waals surface area contributed by atoms with Crippen molar-refractivity contribution in [2.45, 2.75) is 5.16 Å². The molecule has 5 nitrogen and oxygen atoms in total. The third-order valence-corrected chi connectivity index (χ3v) is 5.22. The van der Waals surface area contributed by atoms with E-state index in [9.17, 15) is 4.79 Å². The Morgan fingerprint density at radius 3 is 2.62 bits per heavy atom. The van der Waals surface area contributed by atoms with Crippen LogP contribution in [0.5, 0.6) is 0 Å². The van der Waals surface area contributed by atoms with Gasteiger partial charge in [0, 0.05) is 30.6 Å². The average Bonchev–Trinajstić information content (AvgIpc) is 3.07. The van der Waals surface area contributed by atoms with Gasteiger partial charge in [0.2, 0.25) is 0 Å². The van der Waals surface area contributed by atoms with Crippen LogP contribution in [-0.4, -0.2) is 31.3 Å². The van der Waals surface area contributed by atoms with Gasteiger partial charge in [-0.1, -0.05) is 54.2 Å². The monoisotopic (exact) mass is 360 g/mol. The van der Waals surface area contributed by atoms with Gasteiger partial charge in [-0.15, -0.1) is 10.2 Å². The molecule has 0 fully saturated rings. The van der Waals surface area contributed by atoms with E-state index in [0.717, 1.165) is 27.7 Å². The fraction of sp³-hybridized carbons (Fsp3) is 0.100. The summed E-state index contributed by atoms with van der Waals surface area (Å²) in [7, 11) is 1.90. The zero-order valence-electron chi connectivity index (χ0n) is 14.2. The van der Waals surface area contributed by atoms with E-state index in [1.807, 2.05) is 66.2 Å². The Balaban J connectivity index is 1.54. The van der Waals surface area contributed by atoms with Crippen molar-refractivity contribution >= 4 is 28.3 Å². The van der Waals surface area contributed by atoms with E-state index < -0.39 is 0 Å². The van der Waals surface area contributed by atoms with Crippen LogP contribution in [0.4, 0.5) is 0 Å². The molecule has 0 aliphatic rings. The van der Waals surface area contributed by atoms with Crippen LogP contribution in [0.3, 0.4) is 0 Å². The van der Waals surface area contributed by atoms with Crippen LogP contribution in [0.1, 0.15) is 10.4 Å². The molecule has 0 saturated carbocycles. The summed E-state index contributed by atoms with van der Waals surface area (Å²) in [5.41, 5.74) is 1.69. The minimum absolute atomic E-state index is 0.0836. The first kappa shape index (κ1) is 16.5. The number of pyridine rings is 1. The number of fused-ring (bicyclic) bond motifs is 1. The molecule has 0 amide bonds. The lowest BCUT2D eigenvalue weighted by Gasteiger charge is -2.06. The van der Waals surface area contributed by atoms with Crippen molar-refractivity contribution in [2.24, 2.45) is 7.05 Å². The van der Waals surface area contributed by atoms with Crippen LogP contribution in [-0.2, 0) is 7.05 Å². The molecule has 0 bridgehead atoms. The zero-order chi connectivity index (χ0) is 17.9. The van der Waals surface area contributed by atoms with Gasteiger partial charge in [-0.25, -0.2) is 0 Å². The molecule has 128 valence electrons. The van der Waals surface area contributed by atoms with Crippen molar-refractivity contribution in [3.8, 4) is 11.4 Å². The maximum atomic E-state index is 12.7. The van der Waals surface area contributed by atoms with Gasteiger partial charge in [0.1, 0.15) is 0 Å². The number of thioether (sulfide) groups is 1. The third kappa shape index (κ3) is 3.11. The Morgan fingerprint density at radius 1 is 1.00 bits per heavy atom. The minimum Gasteiger partial charge on any atom is -0.305 e. The maximum absolute atomic E-state index is 12.7. The molecule has 0 N–H and O–H groups in total. The molecule has 0 aliphatic heterocycles. The second-order valence-corrected chi connectivity index (χ2v) is 6.78. The molecular weight excluding hydrogens is 344 g/mol. The Bertz CT molecular complexity index is 1070. The molecule has 2 aromatic heterocycles. The number of ketones is 1. The zero-order valence-corrected chi connectivity index (χ0v) is 15.0. The van der Waals surface area contributed by atoms with Crippen molar-refractivity contribution in [1.29, 1.82) is 0 Å². The first-order valence-corrected chi connectivity index (χ1v) is 9.16. The SMILES string of the molecule is Cn1c(SCC(=O)c2cccc3ccccc23)nnc1-c1ccncc1. The highest BCUT2D eigenvalue weighted by Crippen LogP contribution is 2.24. The topological polar surface area (TPSA) is 60.7 Å². The molecule has 0 aliphatic carbocycles. The van der Waals surface area contributed by atoms with Gasteiger partial charge in [-0.2, -0.15) is 0 Å². The number of carbonyl (C=O) groups excluding carboxylic acids is 1. The Kier molecular flexibility index (Phi) is 4.50. The van der Waals surface area contributed by atoms with Gasteiger partial charge in [0.25, 0.3) is 0 Å². The van der Waals surface area contributed by atoms with E-state index in [1.54, 1.807) is 12.4 Å². The fourth-order valence-electron chi connectivity index (χ4n) is 2.87. The Labute approximate surface area is 155 Å².